The Hall–Kier alpha value is -0.680. The van der Waals surface area contributed by atoms with E-state index >= 15 is 0 Å². The predicted molar refractivity (Wildman–Crippen MR) is 91.4 cm³/mol. The first-order valence-electron chi connectivity index (χ1n) is 8.34. The Bertz CT molecular complexity index is 380. The highest BCUT2D eigenvalue weighted by Gasteiger charge is 2.25. The molecule has 2 rings (SSSR count). The van der Waals surface area contributed by atoms with Crippen molar-refractivity contribution in [3.05, 3.63) is 0 Å². The number of aliphatic hydroxyl groups excluding tert-OH is 1. The van der Waals surface area contributed by atoms with Crippen LogP contribution >= 0.6 is 12.2 Å². The Kier molecular flexibility index (Phi) is 6.42. The molecule has 4 nitrogen and oxygen atoms in total. The van der Waals surface area contributed by atoms with Gasteiger partial charge in [0.05, 0.1) is 6.10 Å². The van der Waals surface area contributed by atoms with Gasteiger partial charge in [0, 0.05) is 24.7 Å². The standard InChI is InChI=1S/C16H29N3OS/c1-12(14-10-6-7-11-15(14)20)17-18-16(21)19(2)13-8-4-3-5-9-13/h13-15,20H,3-11H2,1-2H3,(H,18,21). The molecule has 120 valence electrons. The largest absolute Gasteiger partial charge is 0.392 e. The second-order valence-electron chi connectivity index (χ2n) is 6.53. The molecular weight excluding hydrogens is 282 g/mol. The van der Waals surface area contributed by atoms with Crippen molar-refractivity contribution in [3.8, 4) is 0 Å². The fourth-order valence-electron chi connectivity index (χ4n) is 3.53. The Labute approximate surface area is 134 Å². The van der Waals surface area contributed by atoms with E-state index in [2.05, 4.69) is 22.5 Å². The summed E-state index contributed by atoms with van der Waals surface area (Å²) in [5.74, 6) is 0.189. The number of rotatable bonds is 3. The lowest BCUT2D eigenvalue weighted by Crippen LogP contribution is -2.43. The van der Waals surface area contributed by atoms with Crippen LogP contribution < -0.4 is 5.43 Å². The number of aliphatic hydroxyl groups is 1. The Morgan fingerprint density at radius 1 is 1.10 bits per heavy atom. The zero-order valence-electron chi connectivity index (χ0n) is 13.3. The van der Waals surface area contributed by atoms with E-state index in [9.17, 15) is 5.11 Å². The lowest BCUT2D eigenvalue weighted by molar-refractivity contribution is 0.101. The van der Waals surface area contributed by atoms with E-state index in [0.29, 0.717) is 11.2 Å². The van der Waals surface area contributed by atoms with Crippen LogP contribution in [0.1, 0.15) is 64.7 Å². The van der Waals surface area contributed by atoms with Crippen LogP contribution in [0.25, 0.3) is 0 Å². The summed E-state index contributed by atoms with van der Waals surface area (Å²) < 4.78 is 0. The van der Waals surface area contributed by atoms with Gasteiger partial charge in [0.15, 0.2) is 5.11 Å². The molecule has 0 saturated heterocycles. The highest BCUT2D eigenvalue weighted by Crippen LogP contribution is 2.25. The van der Waals surface area contributed by atoms with Crippen molar-refractivity contribution in [1.82, 2.24) is 10.3 Å². The van der Waals surface area contributed by atoms with E-state index in [1.807, 2.05) is 6.92 Å². The third-order valence-corrected chi connectivity index (χ3v) is 5.42. The third kappa shape index (κ3) is 4.65. The SMILES string of the molecule is CC(=NNC(=S)N(C)C1CCCCC1)C1CCCCC1O. The van der Waals surface area contributed by atoms with Crippen molar-refractivity contribution in [3.63, 3.8) is 0 Å². The van der Waals surface area contributed by atoms with Crippen LogP contribution in [0.15, 0.2) is 5.10 Å². The fourth-order valence-corrected chi connectivity index (χ4v) is 3.73. The van der Waals surface area contributed by atoms with Crippen molar-refractivity contribution in [1.29, 1.82) is 0 Å². The van der Waals surface area contributed by atoms with Crippen molar-refractivity contribution in [2.75, 3.05) is 7.05 Å². The molecule has 0 aliphatic heterocycles. The van der Waals surface area contributed by atoms with Gasteiger partial charge in [0.1, 0.15) is 0 Å². The highest BCUT2D eigenvalue weighted by atomic mass is 32.1. The first-order valence-corrected chi connectivity index (χ1v) is 8.75. The number of thiocarbonyl (C=S) groups is 1. The Morgan fingerprint density at radius 3 is 2.38 bits per heavy atom. The molecule has 0 spiro atoms. The lowest BCUT2D eigenvalue weighted by Gasteiger charge is -2.32. The van der Waals surface area contributed by atoms with Crippen LogP contribution in [-0.2, 0) is 0 Å². The second kappa shape index (κ2) is 8.08. The van der Waals surface area contributed by atoms with Crippen molar-refractivity contribution >= 4 is 23.0 Å². The molecule has 5 heteroatoms. The minimum Gasteiger partial charge on any atom is -0.392 e. The molecule has 0 heterocycles. The molecule has 0 amide bonds. The summed E-state index contributed by atoms with van der Waals surface area (Å²) in [5.41, 5.74) is 4.01. The molecule has 0 radical (unpaired) electrons. The molecule has 2 aliphatic carbocycles. The molecule has 0 bridgehead atoms. The van der Waals surface area contributed by atoms with E-state index in [4.69, 9.17) is 12.2 Å². The number of nitrogens with one attached hydrogen (secondary N) is 1. The summed E-state index contributed by atoms with van der Waals surface area (Å²) in [7, 11) is 2.06. The predicted octanol–water partition coefficient (Wildman–Crippen LogP) is 3.05. The quantitative estimate of drug-likeness (QED) is 0.478. The van der Waals surface area contributed by atoms with Gasteiger partial charge in [0.25, 0.3) is 0 Å². The Balaban J connectivity index is 1.84. The number of nitrogens with zero attached hydrogens (tertiary/aromatic N) is 2. The monoisotopic (exact) mass is 311 g/mol. The zero-order valence-corrected chi connectivity index (χ0v) is 14.2. The molecule has 2 fully saturated rings. The van der Waals surface area contributed by atoms with Crippen LogP contribution in [0.3, 0.4) is 0 Å². The summed E-state index contributed by atoms with van der Waals surface area (Å²) in [4.78, 5) is 2.16. The summed E-state index contributed by atoms with van der Waals surface area (Å²) in [5, 5.41) is 15.2. The average Bonchev–Trinajstić information content (AvgIpc) is 2.52. The van der Waals surface area contributed by atoms with Gasteiger partial charge in [0.2, 0.25) is 0 Å². The first-order chi connectivity index (χ1) is 10.1. The fraction of sp³-hybridized carbons (Fsp3) is 0.875. The smallest absolute Gasteiger partial charge is 0.189 e. The number of hydrogen-bond donors (Lipinski definition) is 2. The molecule has 2 saturated carbocycles. The molecule has 21 heavy (non-hydrogen) atoms. The van der Waals surface area contributed by atoms with Crippen molar-refractivity contribution < 1.29 is 5.11 Å². The minimum atomic E-state index is -0.242. The minimum absolute atomic E-state index is 0.189. The van der Waals surface area contributed by atoms with Crippen LogP contribution in [0, 0.1) is 5.92 Å². The van der Waals surface area contributed by atoms with Gasteiger partial charge in [-0.3, -0.25) is 5.43 Å². The maximum Gasteiger partial charge on any atom is 0.189 e. The maximum absolute atomic E-state index is 10.1. The summed E-state index contributed by atoms with van der Waals surface area (Å²) in [6.07, 6.45) is 10.4. The van der Waals surface area contributed by atoms with E-state index in [0.717, 1.165) is 25.0 Å². The normalized spacial score (nSPS) is 28.2. The number of hydrazone groups is 1. The van der Waals surface area contributed by atoms with E-state index in [1.165, 1.54) is 38.5 Å². The number of hydrogen-bond acceptors (Lipinski definition) is 3. The molecule has 2 aliphatic rings. The van der Waals surface area contributed by atoms with Crippen LogP contribution in [0.2, 0.25) is 0 Å². The average molecular weight is 311 g/mol. The first kappa shape index (κ1) is 16.7. The Morgan fingerprint density at radius 2 is 1.71 bits per heavy atom. The molecule has 0 aromatic carbocycles. The van der Waals surface area contributed by atoms with Gasteiger partial charge in [-0.25, -0.2) is 0 Å². The third-order valence-electron chi connectivity index (χ3n) is 5.04. The topological polar surface area (TPSA) is 47.9 Å². The second-order valence-corrected chi connectivity index (χ2v) is 6.92. The van der Waals surface area contributed by atoms with Gasteiger partial charge >= 0.3 is 0 Å². The van der Waals surface area contributed by atoms with Crippen molar-refractivity contribution in [2.24, 2.45) is 11.0 Å². The highest BCUT2D eigenvalue weighted by molar-refractivity contribution is 7.80. The summed E-state index contributed by atoms with van der Waals surface area (Å²) in [6, 6.07) is 0.550. The van der Waals surface area contributed by atoms with E-state index in [1.54, 1.807) is 0 Å². The molecule has 0 aromatic rings. The van der Waals surface area contributed by atoms with E-state index < -0.39 is 0 Å². The van der Waals surface area contributed by atoms with Gasteiger partial charge in [-0.2, -0.15) is 5.10 Å². The lowest BCUT2D eigenvalue weighted by atomic mass is 9.84. The molecule has 2 N–H and O–H groups in total. The van der Waals surface area contributed by atoms with Crippen LogP contribution in [0.5, 0.6) is 0 Å². The maximum atomic E-state index is 10.1. The van der Waals surface area contributed by atoms with Gasteiger partial charge in [-0.05, 0) is 44.8 Å². The molecule has 2 atom stereocenters. The van der Waals surface area contributed by atoms with Gasteiger partial charge in [-0.15, -0.1) is 0 Å². The molecule has 2 unspecified atom stereocenters. The van der Waals surface area contributed by atoms with Gasteiger partial charge < -0.3 is 10.0 Å². The summed E-state index contributed by atoms with van der Waals surface area (Å²) in [6.45, 7) is 2.00. The summed E-state index contributed by atoms with van der Waals surface area (Å²) >= 11 is 5.45. The van der Waals surface area contributed by atoms with Crippen molar-refractivity contribution in [2.45, 2.75) is 76.9 Å². The van der Waals surface area contributed by atoms with Crippen LogP contribution in [-0.4, -0.2) is 40.0 Å². The van der Waals surface area contributed by atoms with Crippen LogP contribution in [0.4, 0.5) is 0 Å². The van der Waals surface area contributed by atoms with Gasteiger partial charge in [-0.1, -0.05) is 32.1 Å². The molecular formula is C16H29N3OS. The zero-order chi connectivity index (χ0) is 15.2. The van der Waals surface area contributed by atoms with E-state index in [-0.39, 0.29) is 12.0 Å². The molecule has 0 aromatic heterocycles.